The van der Waals surface area contributed by atoms with Crippen LogP contribution in [-0.2, 0) is 4.74 Å². The zero-order chi connectivity index (χ0) is 9.80. The van der Waals surface area contributed by atoms with E-state index in [2.05, 4.69) is 16.5 Å². The molecule has 0 fully saturated rings. The molecule has 2 rings (SSSR count). The van der Waals surface area contributed by atoms with Crippen molar-refractivity contribution in [2.24, 2.45) is 5.84 Å². The summed E-state index contributed by atoms with van der Waals surface area (Å²) >= 11 is 1.56. The van der Waals surface area contributed by atoms with Crippen LogP contribution in [0.1, 0.15) is 24.6 Å². The number of nitrogens with zero attached hydrogens (tertiary/aromatic N) is 1. The minimum atomic E-state index is -0.0958. The third-order valence-electron chi connectivity index (χ3n) is 2.16. The van der Waals surface area contributed by atoms with Crippen molar-refractivity contribution < 1.29 is 4.74 Å². The summed E-state index contributed by atoms with van der Waals surface area (Å²) < 4.78 is 5.54. The van der Waals surface area contributed by atoms with Gasteiger partial charge in [-0.1, -0.05) is 0 Å². The van der Waals surface area contributed by atoms with Crippen LogP contribution >= 0.6 is 11.3 Å². The molecular weight excluding hydrogens is 198 g/mol. The minimum Gasteiger partial charge on any atom is -0.496 e. The zero-order valence-electron chi connectivity index (χ0n) is 7.77. The molecule has 3 N–H and O–H groups in total. The van der Waals surface area contributed by atoms with Crippen LogP contribution in [0.25, 0.3) is 0 Å². The fourth-order valence-electron chi connectivity index (χ4n) is 1.46. The van der Waals surface area contributed by atoms with Gasteiger partial charge in [0.25, 0.3) is 0 Å². The first-order valence-corrected chi connectivity index (χ1v) is 5.53. The van der Waals surface area contributed by atoms with Crippen LogP contribution < -0.4 is 11.3 Å². The number of allylic oxidation sites excluding steroid dienone is 1. The highest BCUT2D eigenvalue weighted by Crippen LogP contribution is 2.24. The first-order chi connectivity index (χ1) is 6.92. The number of hydrogen-bond acceptors (Lipinski definition) is 5. The van der Waals surface area contributed by atoms with Gasteiger partial charge in [0.05, 0.1) is 17.8 Å². The lowest BCUT2D eigenvalue weighted by Crippen LogP contribution is -2.31. The molecule has 14 heavy (non-hydrogen) atoms. The Hall–Kier alpha value is -0.910. The Labute approximate surface area is 86.8 Å². The van der Waals surface area contributed by atoms with Gasteiger partial charge in [0.15, 0.2) is 0 Å². The fourth-order valence-corrected chi connectivity index (χ4v) is 2.04. The van der Waals surface area contributed by atoms with E-state index in [1.807, 2.05) is 5.38 Å². The van der Waals surface area contributed by atoms with Crippen LogP contribution in [0.5, 0.6) is 0 Å². The van der Waals surface area contributed by atoms with Crippen molar-refractivity contribution in [3.63, 3.8) is 0 Å². The molecule has 1 aromatic heterocycles. The minimum absolute atomic E-state index is 0.0958. The predicted octanol–water partition coefficient (Wildman–Crippen LogP) is 1.34. The SMILES string of the molecule is NNC(C1=CCCCO1)c1cscn1. The van der Waals surface area contributed by atoms with Crippen LogP contribution in [-0.4, -0.2) is 11.6 Å². The molecule has 1 atom stereocenters. The normalized spacial score (nSPS) is 18.5. The summed E-state index contributed by atoms with van der Waals surface area (Å²) in [6.07, 6.45) is 4.21. The van der Waals surface area contributed by atoms with E-state index >= 15 is 0 Å². The Kier molecular flexibility index (Phi) is 3.13. The van der Waals surface area contributed by atoms with Crippen LogP contribution in [0.4, 0.5) is 0 Å². The molecule has 1 aliphatic heterocycles. The maximum absolute atomic E-state index is 5.54. The van der Waals surface area contributed by atoms with Gasteiger partial charge in [-0.3, -0.25) is 5.84 Å². The standard InChI is InChI=1S/C9H13N3OS/c10-12-9(7-5-14-6-11-7)8-3-1-2-4-13-8/h3,5-6,9,12H,1-2,4,10H2. The van der Waals surface area contributed by atoms with Gasteiger partial charge in [0.1, 0.15) is 11.8 Å². The number of hydrogen-bond donors (Lipinski definition) is 2. The molecule has 0 amide bonds. The van der Waals surface area contributed by atoms with Gasteiger partial charge in [-0.15, -0.1) is 11.3 Å². The second-order valence-electron chi connectivity index (χ2n) is 3.11. The molecule has 0 aromatic carbocycles. The highest BCUT2D eigenvalue weighted by Gasteiger charge is 2.19. The molecule has 76 valence electrons. The molecule has 4 nitrogen and oxygen atoms in total. The lowest BCUT2D eigenvalue weighted by atomic mass is 10.1. The van der Waals surface area contributed by atoms with Crippen LogP contribution in [0.2, 0.25) is 0 Å². The third-order valence-corrected chi connectivity index (χ3v) is 2.77. The number of nitrogens with two attached hydrogens (primary N) is 1. The van der Waals surface area contributed by atoms with Crippen molar-refractivity contribution in [2.75, 3.05) is 6.61 Å². The second-order valence-corrected chi connectivity index (χ2v) is 3.83. The summed E-state index contributed by atoms with van der Waals surface area (Å²) in [4.78, 5) is 4.22. The van der Waals surface area contributed by atoms with Crippen molar-refractivity contribution in [3.05, 3.63) is 28.4 Å². The molecular formula is C9H13N3OS. The third kappa shape index (κ3) is 1.95. The van der Waals surface area contributed by atoms with Gasteiger partial charge < -0.3 is 4.74 Å². The van der Waals surface area contributed by atoms with Gasteiger partial charge in [0, 0.05) is 5.38 Å². The smallest absolute Gasteiger partial charge is 0.121 e. The van der Waals surface area contributed by atoms with E-state index in [9.17, 15) is 0 Å². The van der Waals surface area contributed by atoms with E-state index in [0.29, 0.717) is 0 Å². The molecule has 0 saturated heterocycles. The summed E-state index contributed by atoms with van der Waals surface area (Å²) in [6, 6.07) is -0.0958. The van der Waals surface area contributed by atoms with Gasteiger partial charge in [0.2, 0.25) is 0 Å². The Bertz CT molecular complexity index is 310. The molecule has 5 heteroatoms. The van der Waals surface area contributed by atoms with Gasteiger partial charge in [-0.25, -0.2) is 10.4 Å². The number of thiazole rings is 1. The van der Waals surface area contributed by atoms with E-state index in [1.165, 1.54) is 0 Å². The van der Waals surface area contributed by atoms with Crippen LogP contribution in [0, 0.1) is 0 Å². The predicted molar refractivity (Wildman–Crippen MR) is 55.4 cm³/mol. The summed E-state index contributed by atoms with van der Waals surface area (Å²) in [5, 5.41) is 1.98. The lowest BCUT2D eigenvalue weighted by molar-refractivity contribution is 0.167. The number of ether oxygens (including phenoxy) is 1. The number of aromatic nitrogens is 1. The Morgan fingerprint density at radius 1 is 1.64 bits per heavy atom. The molecule has 0 saturated carbocycles. The summed E-state index contributed by atoms with van der Waals surface area (Å²) in [6.45, 7) is 0.772. The first-order valence-electron chi connectivity index (χ1n) is 4.59. The lowest BCUT2D eigenvalue weighted by Gasteiger charge is -2.21. The highest BCUT2D eigenvalue weighted by atomic mass is 32.1. The molecule has 0 bridgehead atoms. The summed E-state index contributed by atoms with van der Waals surface area (Å²) in [7, 11) is 0. The fraction of sp³-hybridized carbons (Fsp3) is 0.444. The highest BCUT2D eigenvalue weighted by molar-refractivity contribution is 7.07. The van der Waals surface area contributed by atoms with E-state index in [1.54, 1.807) is 16.8 Å². The monoisotopic (exact) mass is 211 g/mol. The van der Waals surface area contributed by atoms with Gasteiger partial charge in [-0.05, 0) is 18.9 Å². The van der Waals surface area contributed by atoms with Crippen molar-refractivity contribution in [3.8, 4) is 0 Å². The Morgan fingerprint density at radius 3 is 3.14 bits per heavy atom. The molecule has 0 radical (unpaired) electrons. The van der Waals surface area contributed by atoms with Crippen molar-refractivity contribution in [1.29, 1.82) is 0 Å². The van der Waals surface area contributed by atoms with Crippen molar-refractivity contribution >= 4 is 11.3 Å². The Morgan fingerprint density at radius 2 is 2.57 bits per heavy atom. The molecule has 0 aliphatic carbocycles. The number of rotatable bonds is 3. The van der Waals surface area contributed by atoms with Crippen LogP contribution in [0.15, 0.2) is 22.7 Å². The molecule has 2 heterocycles. The maximum atomic E-state index is 5.54. The zero-order valence-corrected chi connectivity index (χ0v) is 8.59. The largest absolute Gasteiger partial charge is 0.496 e. The second kappa shape index (κ2) is 4.54. The quantitative estimate of drug-likeness (QED) is 0.585. The summed E-state index contributed by atoms with van der Waals surface area (Å²) in [5.74, 6) is 6.38. The van der Waals surface area contributed by atoms with E-state index in [4.69, 9.17) is 10.6 Å². The molecule has 1 unspecified atom stereocenters. The first kappa shape index (κ1) is 9.64. The Balaban J connectivity index is 2.16. The van der Waals surface area contributed by atoms with E-state index in [0.717, 1.165) is 30.9 Å². The number of hydrazine groups is 1. The molecule has 0 spiro atoms. The molecule has 1 aliphatic rings. The molecule has 1 aromatic rings. The number of nitrogens with one attached hydrogen (secondary N) is 1. The topological polar surface area (TPSA) is 60.2 Å². The summed E-state index contributed by atoms with van der Waals surface area (Å²) in [5.41, 5.74) is 5.44. The van der Waals surface area contributed by atoms with Gasteiger partial charge in [-0.2, -0.15) is 0 Å². The van der Waals surface area contributed by atoms with Crippen molar-refractivity contribution in [1.82, 2.24) is 10.4 Å². The van der Waals surface area contributed by atoms with Gasteiger partial charge >= 0.3 is 0 Å². The van der Waals surface area contributed by atoms with Crippen molar-refractivity contribution in [2.45, 2.75) is 18.9 Å². The van der Waals surface area contributed by atoms with Crippen LogP contribution in [0.3, 0.4) is 0 Å². The van der Waals surface area contributed by atoms with E-state index < -0.39 is 0 Å². The maximum Gasteiger partial charge on any atom is 0.121 e. The average molecular weight is 211 g/mol. The average Bonchev–Trinajstić information content (AvgIpc) is 2.74. The van der Waals surface area contributed by atoms with E-state index in [-0.39, 0.29) is 6.04 Å².